The van der Waals surface area contributed by atoms with Gasteiger partial charge in [0.25, 0.3) is 5.91 Å². The molecule has 2 rings (SSSR count). The summed E-state index contributed by atoms with van der Waals surface area (Å²) >= 11 is 0. The molecule has 0 saturated carbocycles. The van der Waals surface area contributed by atoms with Crippen LogP contribution in [0, 0.1) is 5.92 Å². The Balaban J connectivity index is 2.00. The minimum atomic E-state index is -3.02. The van der Waals surface area contributed by atoms with Crippen LogP contribution in [0.1, 0.15) is 30.8 Å². The molecule has 1 saturated heterocycles. The number of carbonyl (C=O) groups excluding carboxylic acids is 1. The molecule has 1 fully saturated rings. The van der Waals surface area contributed by atoms with Crippen LogP contribution >= 0.6 is 0 Å². The minimum absolute atomic E-state index is 0.0245. The maximum atomic E-state index is 12.3. The number of sulfone groups is 1. The molecule has 1 aliphatic heterocycles. The van der Waals surface area contributed by atoms with Crippen molar-refractivity contribution in [3.8, 4) is 0 Å². The van der Waals surface area contributed by atoms with E-state index in [1.54, 1.807) is 7.05 Å². The van der Waals surface area contributed by atoms with Crippen LogP contribution in [0.15, 0.2) is 12.4 Å². The summed E-state index contributed by atoms with van der Waals surface area (Å²) in [5, 5.41) is 3.13. The Morgan fingerprint density at radius 2 is 2.14 bits per heavy atom. The average Bonchev–Trinajstić information content (AvgIpc) is 2.84. The molecule has 7 nitrogen and oxygen atoms in total. The van der Waals surface area contributed by atoms with Crippen LogP contribution in [-0.4, -0.2) is 60.3 Å². The molecule has 1 aromatic heterocycles. The molecule has 1 unspecified atom stereocenters. The van der Waals surface area contributed by atoms with E-state index < -0.39 is 9.84 Å². The number of nitrogens with zero attached hydrogens (tertiary/aromatic N) is 3. The lowest BCUT2D eigenvalue weighted by molar-refractivity contribution is 0.0741. The van der Waals surface area contributed by atoms with Gasteiger partial charge in [-0.25, -0.2) is 18.4 Å². The van der Waals surface area contributed by atoms with Gasteiger partial charge in [-0.15, -0.1) is 0 Å². The fraction of sp³-hybridized carbons (Fsp3) is 0.643. The number of amides is 1. The van der Waals surface area contributed by atoms with Crippen LogP contribution in [-0.2, 0) is 9.84 Å². The fourth-order valence-electron chi connectivity index (χ4n) is 2.27. The Morgan fingerprint density at radius 3 is 2.64 bits per heavy atom. The molecule has 22 heavy (non-hydrogen) atoms. The van der Waals surface area contributed by atoms with Gasteiger partial charge in [0, 0.05) is 19.6 Å². The molecule has 1 aliphatic rings. The number of nitrogens with one attached hydrogen (secondary N) is 1. The van der Waals surface area contributed by atoms with E-state index in [4.69, 9.17) is 0 Å². The van der Waals surface area contributed by atoms with Crippen molar-refractivity contribution in [1.29, 1.82) is 0 Å². The summed E-state index contributed by atoms with van der Waals surface area (Å²) in [6, 6.07) is -0.280. The molecular formula is C14H22N4O3S. The lowest BCUT2D eigenvalue weighted by Crippen LogP contribution is -2.38. The van der Waals surface area contributed by atoms with Crippen molar-refractivity contribution in [3.05, 3.63) is 18.1 Å². The lowest BCUT2D eigenvalue weighted by atomic mass is 10.2. The maximum Gasteiger partial charge on any atom is 0.274 e. The van der Waals surface area contributed by atoms with Gasteiger partial charge in [-0.3, -0.25) is 4.79 Å². The van der Waals surface area contributed by atoms with Crippen LogP contribution in [0.25, 0.3) is 0 Å². The van der Waals surface area contributed by atoms with E-state index in [0.29, 0.717) is 18.2 Å². The van der Waals surface area contributed by atoms with E-state index >= 15 is 0 Å². The summed E-state index contributed by atoms with van der Waals surface area (Å²) in [7, 11) is -1.41. The van der Waals surface area contributed by atoms with E-state index in [-0.39, 0.29) is 29.1 Å². The maximum absolute atomic E-state index is 12.3. The monoisotopic (exact) mass is 326 g/mol. The van der Waals surface area contributed by atoms with Crippen molar-refractivity contribution in [3.63, 3.8) is 0 Å². The predicted octanol–water partition coefficient (Wildman–Crippen LogP) is 0.804. The van der Waals surface area contributed by atoms with E-state index in [2.05, 4.69) is 29.1 Å². The molecule has 8 heteroatoms. The number of hydrogen-bond acceptors (Lipinski definition) is 6. The molecule has 1 aromatic rings. The van der Waals surface area contributed by atoms with E-state index in [9.17, 15) is 13.2 Å². The van der Waals surface area contributed by atoms with Crippen LogP contribution in [0.2, 0.25) is 0 Å². The zero-order valence-electron chi connectivity index (χ0n) is 13.1. The third-order valence-electron chi connectivity index (χ3n) is 3.64. The Bertz CT molecular complexity index is 628. The van der Waals surface area contributed by atoms with Crippen molar-refractivity contribution in [2.24, 2.45) is 5.92 Å². The molecule has 0 aromatic carbocycles. The van der Waals surface area contributed by atoms with Crippen LogP contribution in [0.5, 0.6) is 0 Å². The summed E-state index contributed by atoms with van der Waals surface area (Å²) in [5.74, 6) is 0.968. The molecule has 2 heterocycles. The molecular weight excluding hydrogens is 304 g/mol. The Hall–Kier alpha value is -1.70. The SMILES string of the molecule is CC(C)CNc1cnc(C(=O)N(C)C2CCS(=O)(=O)C2)cn1. The fourth-order valence-corrected chi connectivity index (χ4v) is 4.04. The molecule has 1 amide bonds. The number of anilines is 1. The van der Waals surface area contributed by atoms with Gasteiger partial charge in [0.05, 0.1) is 23.9 Å². The smallest absolute Gasteiger partial charge is 0.274 e. The third-order valence-corrected chi connectivity index (χ3v) is 5.39. The van der Waals surface area contributed by atoms with Gasteiger partial charge >= 0.3 is 0 Å². The summed E-state index contributed by atoms with van der Waals surface area (Å²) in [6.07, 6.45) is 3.42. The second-order valence-corrected chi connectivity index (χ2v) is 8.26. The number of aromatic nitrogens is 2. The first-order valence-electron chi connectivity index (χ1n) is 7.32. The average molecular weight is 326 g/mol. The molecule has 0 bridgehead atoms. The predicted molar refractivity (Wildman–Crippen MR) is 84.5 cm³/mol. The van der Waals surface area contributed by atoms with Gasteiger partial charge < -0.3 is 10.2 Å². The van der Waals surface area contributed by atoms with Gasteiger partial charge in [-0.05, 0) is 12.3 Å². The van der Waals surface area contributed by atoms with E-state index in [1.165, 1.54) is 17.3 Å². The third kappa shape index (κ3) is 4.16. The van der Waals surface area contributed by atoms with Crippen molar-refractivity contribution in [1.82, 2.24) is 14.9 Å². The van der Waals surface area contributed by atoms with Crippen LogP contribution in [0.4, 0.5) is 5.82 Å². The van der Waals surface area contributed by atoms with Crippen LogP contribution in [0.3, 0.4) is 0 Å². The summed E-state index contributed by atoms with van der Waals surface area (Å²) in [5.41, 5.74) is 0.224. The highest BCUT2D eigenvalue weighted by atomic mass is 32.2. The normalized spacial score (nSPS) is 20.1. The highest BCUT2D eigenvalue weighted by molar-refractivity contribution is 7.91. The summed E-state index contributed by atoms with van der Waals surface area (Å²) < 4.78 is 23.0. The van der Waals surface area contributed by atoms with Crippen molar-refractivity contribution >= 4 is 21.6 Å². The standard InChI is InChI=1S/C14H22N4O3S/c1-10(2)6-16-13-8-15-12(7-17-13)14(19)18(3)11-4-5-22(20,21)9-11/h7-8,10-11H,4-6,9H2,1-3H3,(H,16,17). The molecule has 1 N–H and O–H groups in total. The van der Waals surface area contributed by atoms with Crippen molar-refractivity contribution < 1.29 is 13.2 Å². The Kier molecular flexibility index (Phi) is 5.00. The first kappa shape index (κ1) is 16.7. The largest absolute Gasteiger partial charge is 0.369 e. The van der Waals surface area contributed by atoms with Gasteiger partial charge in [0.15, 0.2) is 9.84 Å². The first-order valence-corrected chi connectivity index (χ1v) is 9.14. The summed E-state index contributed by atoms with van der Waals surface area (Å²) in [6.45, 7) is 4.95. The lowest BCUT2D eigenvalue weighted by Gasteiger charge is -2.22. The van der Waals surface area contributed by atoms with E-state index in [1.807, 2.05) is 0 Å². The Labute approximate surface area is 131 Å². The number of carbonyl (C=O) groups is 1. The Morgan fingerprint density at radius 1 is 1.41 bits per heavy atom. The zero-order chi connectivity index (χ0) is 16.3. The zero-order valence-corrected chi connectivity index (χ0v) is 13.9. The summed E-state index contributed by atoms with van der Waals surface area (Å²) in [4.78, 5) is 22.1. The number of rotatable bonds is 5. The molecule has 122 valence electrons. The second-order valence-electron chi connectivity index (χ2n) is 6.03. The van der Waals surface area contributed by atoms with Crippen molar-refractivity contribution in [2.75, 3.05) is 30.4 Å². The van der Waals surface area contributed by atoms with Gasteiger partial charge in [-0.2, -0.15) is 0 Å². The van der Waals surface area contributed by atoms with Gasteiger partial charge in [0.2, 0.25) is 0 Å². The molecule has 0 spiro atoms. The van der Waals surface area contributed by atoms with Gasteiger partial charge in [-0.1, -0.05) is 13.8 Å². The van der Waals surface area contributed by atoms with Crippen LogP contribution < -0.4 is 5.32 Å². The topological polar surface area (TPSA) is 92.3 Å². The van der Waals surface area contributed by atoms with Crippen molar-refractivity contribution in [2.45, 2.75) is 26.3 Å². The first-order chi connectivity index (χ1) is 10.3. The highest BCUT2D eigenvalue weighted by Crippen LogP contribution is 2.18. The quantitative estimate of drug-likeness (QED) is 0.860. The molecule has 0 aliphatic carbocycles. The van der Waals surface area contributed by atoms with Gasteiger partial charge in [0.1, 0.15) is 11.5 Å². The minimum Gasteiger partial charge on any atom is -0.369 e. The van der Waals surface area contributed by atoms with E-state index in [0.717, 1.165) is 6.54 Å². The second kappa shape index (κ2) is 6.60. The number of hydrogen-bond donors (Lipinski definition) is 1. The highest BCUT2D eigenvalue weighted by Gasteiger charge is 2.33. The molecule has 1 atom stereocenters. The molecule has 0 radical (unpaired) electrons.